The van der Waals surface area contributed by atoms with Gasteiger partial charge in [-0.05, 0) is 31.6 Å². The quantitative estimate of drug-likeness (QED) is 0.893. The van der Waals surface area contributed by atoms with Gasteiger partial charge in [-0.2, -0.15) is 0 Å². The molecule has 1 saturated heterocycles. The number of hydrogen-bond donors (Lipinski definition) is 1. The van der Waals surface area contributed by atoms with E-state index in [4.69, 9.17) is 5.73 Å². The maximum absolute atomic E-state index is 6.04. The molecule has 1 aliphatic rings. The van der Waals surface area contributed by atoms with Crippen molar-refractivity contribution in [2.45, 2.75) is 58.4 Å². The Hall–Kier alpha value is -1.32. The first-order chi connectivity index (χ1) is 8.65. The van der Waals surface area contributed by atoms with E-state index < -0.39 is 0 Å². The van der Waals surface area contributed by atoms with Crippen molar-refractivity contribution in [3.8, 4) is 0 Å². The van der Waals surface area contributed by atoms with Crippen LogP contribution >= 0.6 is 0 Å². The van der Waals surface area contributed by atoms with Gasteiger partial charge in [-0.15, -0.1) is 0 Å². The molecular weight excluding hydrogens is 224 g/mol. The lowest BCUT2D eigenvalue weighted by Crippen LogP contribution is -2.40. The van der Waals surface area contributed by atoms with Crippen LogP contribution in [0.5, 0.6) is 0 Å². The molecule has 2 N–H and O–H groups in total. The van der Waals surface area contributed by atoms with E-state index in [0.29, 0.717) is 17.8 Å². The van der Waals surface area contributed by atoms with Gasteiger partial charge < -0.3 is 10.6 Å². The Balaban J connectivity index is 2.39. The zero-order valence-corrected chi connectivity index (χ0v) is 11.7. The molecule has 100 valence electrons. The van der Waals surface area contributed by atoms with E-state index in [2.05, 4.69) is 35.6 Å². The molecule has 4 heteroatoms. The fraction of sp³-hybridized carbons (Fsp3) is 0.714. The summed E-state index contributed by atoms with van der Waals surface area (Å²) in [4.78, 5) is 11.1. The Labute approximate surface area is 110 Å². The van der Waals surface area contributed by atoms with Crippen molar-refractivity contribution in [2.75, 3.05) is 17.2 Å². The molecule has 0 saturated carbocycles. The topological polar surface area (TPSA) is 55.0 Å². The van der Waals surface area contributed by atoms with Crippen LogP contribution < -0.4 is 10.6 Å². The van der Waals surface area contributed by atoms with Gasteiger partial charge in [0.2, 0.25) is 0 Å². The molecule has 1 aromatic rings. The van der Waals surface area contributed by atoms with Crippen molar-refractivity contribution in [1.29, 1.82) is 0 Å². The van der Waals surface area contributed by atoms with Gasteiger partial charge in [0.25, 0.3) is 0 Å². The Morgan fingerprint density at radius 3 is 2.83 bits per heavy atom. The van der Waals surface area contributed by atoms with Crippen molar-refractivity contribution in [3.05, 3.63) is 11.9 Å². The standard InChI is InChI=1S/C14H24N4/c1-4-11-7-5-6-8-18(11)14-12(10(2)3)13(15)16-9-17-14/h9-11H,4-8H2,1-3H3,(H2,15,16,17). The Bertz CT molecular complexity index is 403. The number of aromatic nitrogens is 2. The van der Waals surface area contributed by atoms with E-state index in [1.165, 1.54) is 25.7 Å². The minimum atomic E-state index is 0.362. The van der Waals surface area contributed by atoms with Gasteiger partial charge in [-0.1, -0.05) is 20.8 Å². The van der Waals surface area contributed by atoms with E-state index in [1.54, 1.807) is 6.33 Å². The molecule has 2 rings (SSSR count). The van der Waals surface area contributed by atoms with Crippen LogP contribution in [0.3, 0.4) is 0 Å². The van der Waals surface area contributed by atoms with Gasteiger partial charge in [0, 0.05) is 18.2 Å². The molecule has 18 heavy (non-hydrogen) atoms. The largest absolute Gasteiger partial charge is 0.383 e. The molecular formula is C14H24N4. The second-order valence-corrected chi connectivity index (χ2v) is 5.40. The van der Waals surface area contributed by atoms with E-state index in [1.807, 2.05) is 0 Å². The zero-order chi connectivity index (χ0) is 13.1. The Morgan fingerprint density at radius 2 is 2.17 bits per heavy atom. The van der Waals surface area contributed by atoms with Crippen LogP contribution in [0.2, 0.25) is 0 Å². The average Bonchev–Trinajstić information content (AvgIpc) is 2.38. The molecule has 0 radical (unpaired) electrons. The molecule has 4 nitrogen and oxygen atoms in total. The summed E-state index contributed by atoms with van der Waals surface area (Å²) in [5, 5.41) is 0. The zero-order valence-electron chi connectivity index (χ0n) is 11.7. The highest BCUT2D eigenvalue weighted by molar-refractivity contribution is 5.58. The van der Waals surface area contributed by atoms with Crippen LogP contribution in [-0.2, 0) is 0 Å². The number of rotatable bonds is 3. The van der Waals surface area contributed by atoms with Crippen LogP contribution in [0.4, 0.5) is 11.6 Å². The van der Waals surface area contributed by atoms with Crippen molar-refractivity contribution in [1.82, 2.24) is 9.97 Å². The molecule has 1 fully saturated rings. The first-order valence-electron chi connectivity index (χ1n) is 7.02. The van der Waals surface area contributed by atoms with E-state index >= 15 is 0 Å². The summed E-state index contributed by atoms with van der Waals surface area (Å²) in [6, 6.07) is 0.602. The summed E-state index contributed by atoms with van der Waals surface area (Å²) in [5.41, 5.74) is 7.15. The van der Waals surface area contributed by atoms with Crippen molar-refractivity contribution in [2.24, 2.45) is 0 Å². The minimum Gasteiger partial charge on any atom is -0.383 e. The second kappa shape index (κ2) is 5.55. The van der Waals surface area contributed by atoms with Crippen LogP contribution in [0, 0.1) is 0 Å². The fourth-order valence-electron chi connectivity index (χ4n) is 2.89. The van der Waals surface area contributed by atoms with Crippen molar-refractivity contribution < 1.29 is 0 Å². The van der Waals surface area contributed by atoms with Gasteiger partial charge in [0.05, 0.1) is 0 Å². The SMILES string of the molecule is CCC1CCCCN1c1ncnc(N)c1C(C)C. The summed E-state index contributed by atoms with van der Waals surface area (Å²) < 4.78 is 0. The van der Waals surface area contributed by atoms with Crippen LogP contribution in [-0.4, -0.2) is 22.6 Å². The molecule has 1 unspecified atom stereocenters. The van der Waals surface area contributed by atoms with Crippen molar-refractivity contribution in [3.63, 3.8) is 0 Å². The van der Waals surface area contributed by atoms with E-state index in [9.17, 15) is 0 Å². The van der Waals surface area contributed by atoms with Gasteiger partial charge in [0.15, 0.2) is 0 Å². The van der Waals surface area contributed by atoms with Crippen molar-refractivity contribution >= 4 is 11.6 Å². The van der Waals surface area contributed by atoms with Crippen LogP contribution in [0.1, 0.15) is 57.9 Å². The molecule has 2 heterocycles. The van der Waals surface area contributed by atoms with Crippen LogP contribution in [0.15, 0.2) is 6.33 Å². The summed E-state index contributed by atoms with van der Waals surface area (Å²) in [7, 11) is 0. The van der Waals surface area contributed by atoms with E-state index in [0.717, 1.165) is 17.9 Å². The third-order valence-electron chi connectivity index (χ3n) is 3.84. The summed E-state index contributed by atoms with van der Waals surface area (Å²) >= 11 is 0. The predicted octanol–water partition coefficient (Wildman–Crippen LogP) is 2.95. The monoisotopic (exact) mass is 248 g/mol. The third-order valence-corrected chi connectivity index (χ3v) is 3.84. The van der Waals surface area contributed by atoms with Gasteiger partial charge in [-0.25, -0.2) is 9.97 Å². The highest BCUT2D eigenvalue weighted by Gasteiger charge is 2.26. The molecule has 1 aromatic heterocycles. The van der Waals surface area contributed by atoms with Gasteiger partial charge in [0.1, 0.15) is 18.0 Å². The highest BCUT2D eigenvalue weighted by atomic mass is 15.2. The van der Waals surface area contributed by atoms with Crippen LogP contribution in [0.25, 0.3) is 0 Å². The van der Waals surface area contributed by atoms with Gasteiger partial charge >= 0.3 is 0 Å². The summed E-state index contributed by atoms with van der Waals surface area (Å²) in [5.74, 6) is 2.06. The van der Waals surface area contributed by atoms with E-state index in [-0.39, 0.29) is 0 Å². The first kappa shape index (κ1) is 13.1. The Morgan fingerprint density at radius 1 is 1.39 bits per heavy atom. The number of nitrogen functional groups attached to an aromatic ring is 1. The Kier molecular flexibility index (Phi) is 4.04. The second-order valence-electron chi connectivity index (χ2n) is 5.40. The number of piperidine rings is 1. The summed E-state index contributed by atoms with van der Waals surface area (Å²) in [6.45, 7) is 7.66. The third kappa shape index (κ3) is 2.42. The number of nitrogens with two attached hydrogens (primary N) is 1. The fourth-order valence-corrected chi connectivity index (χ4v) is 2.89. The summed E-state index contributed by atoms with van der Waals surface area (Å²) in [6.07, 6.45) is 6.60. The molecule has 0 aromatic carbocycles. The smallest absolute Gasteiger partial charge is 0.137 e. The first-order valence-corrected chi connectivity index (χ1v) is 7.02. The van der Waals surface area contributed by atoms with Gasteiger partial charge in [-0.3, -0.25) is 0 Å². The normalized spacial score (nSPS) is 20.4. The maximum atomic E-state index is 6.04. The molecule has 1 atom stereocenters. The molecule has 0 amide bonds. The predicted molar refractivity (Wildman–Crippen MR) is 75.8 cm³/mol. The number of anilines is 2. The number of nitrogens with zero attached hydrogens (tertiary/aromatic N) is 3. The average molecular weight is 248 g/mol. The lowest BCUT2D eigenvalue weighted by molar-refractivity contribution is 0.445. The molecule has 0 bridgehead atoms. The maximum Gasteiger partial charge on any atom is 0.137 e. The highest BCUT2D eigenvalue weighted by Crippen LogP contribution is 2.33. The number of hydrogen-bond acceptors (Lipinski definition) is 4. The molecule has 0 aliphatic carbocycles. The lowest BCUT2D eigenvalue weighted by atomic mass is 9.97. The molecule has 0 spiro atoms. The lowest BCUT2D eigenvalue weighted by Gasteiger charge is -2.37. The minimum absolute atomic E-state index is 0.362. The molecule has 1 aliphatic heterocycles.